The average Bonchev–Trinajstić information content (AvgIpc) is 2.91. The number of nitrogens with two attached hydrogens (primary N) is 1. The van der Waals surface area contributed by atoms with Crippen molar-refractivity contribution in [3.05, 3.63) is 11.9 Å². The molecule has 18 heavy (non-hydrogen) atoms. The number of hydrazine groups is 1. The van der Waals surface area contributed by atoms with Gasteiger partial charge in [0.05, 0.1) is 29.7 Å². The third-order valence-corrected chi connectivity index (χ3v) is 3.78. The topological polar surface area (TPSA) is 63.8 Å². The van der Waals surface area contributed by atoms with Crippen LogP contribution in [0.4, 0.5) is 0 Å². The van der Waals surface area contributed by atoms with Crippen LogP contribution in [0.25, 0.3) is 0 Å². The number of hydrogen-bond acceptors (Lipinski definition) is 5. The number of nitrogens with zero attached hydrogens (tertiary/aromatic N) is 2. The van der Waals surface area contributed by atoms with Crippen molar-refractivity contribution < 1.29 is 0 Å². The molecule has 1 aromatic heterocycles. The van der Waals surface area contributed by atoms with Gasteiger partial charge in [0, 0.05) is 0 Å². The maximum Gasteiger partial charge on any atom is 0.0925 e. The van der Waals surface area contributed by atoms with Gasteiger partial charge in [0.1, 0.15) is 0 Å². The van der Waals surface area contributed by atoms with Crippen LogP contribution in [0.1, 0.15) is 76.4 Å². The van der Waals surface area contributed by atoms with Crippen molar-refractivity contribution in [2.75, 3.05) is 0 Å². The van der Waals surface area contributed by atoms with Gasteiger partial charge in [-0.05, 0) is 6.42 Å². The standard InChI is InChI=1S/C13H26N4S/c1-2-3-4-5-6-7-8-9-10-12(16-14)13-11-15-18-17-13/h11-12,16H,2-10,14H2,1H3. The summed E-state index contributed by atoms with van der Waals surface area (Å²) in [6, 6.07) is 0.170. The lowest BCUT2D eigenvalue weighted by Gasteiger charge is -2.12. The molecule has 1 unspecified atom stereocenters. The van der Waals surface area contributed by atoms with E-state index in [0.717, 1.165) is 12.1 Å². The van der Waals surface area contributed by atoms with Crippen LogP contribution in [0.3, 0.4) is 0 Å². The van der Waals surface area contributed by atoms with Crippen LogP contribution >= 0.6 is 11.7 Å². The summed E-state index contributed by atoms with van der Waals surface area (Å²) >= 11 is 1.24. The van der Waals surface area contributed by atoms with Crippen LogP contribution in [-0.2, 0) is 0 Å². The highest BCUT2D eigenvalue weighted by atomic mass is 32.1. The summed E-state index contributed by atoms with van der Waals surface area (Å²) in [6.07, 6.45) is 13.6. The van der Waals surface area contributed by atoms with Gasteiger partial charge in [0.15, 0.2) is 0 Å². The van der Waals surface area contributed by atoms with Gasteiger partial charge in [-0.25, -0.2) is 0 Å². The van der Waals surface area contributed by atoms with E-state index in [4.69, 9.17) is 5.84 Å². The van der Waals surface area contributed by atoms with Gasteiger partial charge in [0.25, 0.3) is 0 Å². The molecule has 0 saturated carbocycles. The maximum atomic E-state index is 5.55. The minimum Gasteiger partial charge on any atom is -0.271 e. The Morgan fingerprint density at radius 3 is 2.39 bits per heavy atom. The van der Waals surface area contributed by atoms with Crippen molar-refractivity contribution in [1.29, 1.82) is 0 Å². The lowest BCUT2D eigenvalue weighted by atomic mass is 10.0. The minimum absolute atomic E-state index is 0.170. The minimum atomic E-state index is 0.170. The molecular formula is C13H26N4S. The summed E-state index contributed by atoms with van der Waals surface area (Å²) in [5.41, 5.74) is 3.80. The fourth-order valence-electron chi connectivity index (χ4n) is 2.12. The van der Waals surface area contributed by atoms with E-state index in [1.165, 1.54) is 63.1 Å². The molecule has 0 amide bonds. The quantitative estimate of drug-likeness (QED) is 0.366. The van der Waals surface area contributed by atoms with Crippen molar-refractivity contribution in [3.8, 4) is 0 Å². The van der Waals surface area contributed by atoms with Crippen LogP contribution in [-0.4, -0.2) is 8.75 Å². The Labute approximate surface area is 115 Å². The molecule has 0 bridgehead atoms. The lowest BCUT2D eigenvalue weighted by molar-refractivity contribution is 0.469. The molecule has 0 fully saturated rings. The van der Waals surface area contributed by atoms with Gasteiger partial charge in [-0.1, -0.05) is 58.3 Å². The predicted octanol–water partition coefficient (Wildman–Crippen LogP) is 3.57. The molecule has 0 aromatic carbocycles. The molecule has 3 N–H and O–H groups in total. The van der Waals surface area contributed by atoms with Gasteiger partial charge in [0.2, 0.25) is 0 Å². The Kier molecular flexibility index (Phi) is 8.98. The van der Waals surface area contributed by atoms with Crippen LogP contribution in [0.5, 0.6) is 0 Å². The van der Waals surface area contributed by atoms with Crippen molar-refractivity contribution in [1.82, 2.24) is 14.2 Å². The first kappa shape index (κ1) is 15.5. The Morgan fingerprint density at radius 1 is 1.17 bits per heavy atom. The van der Waals surface area contributed by atoms with Gasteiger partial charge in [-0.15, -0.1) is 0 Å². The zero-order valence-electron chi connectivity index (χ0n) is 11.4. The van der Waals surface area contributed by atoms with E-state index in [-0.39, 0.29) is 6.04 Å². The zero-order chi connectivity index (χ0) is 13.1. The fourth-order valence-corrected chi connectivity index (χ4v) is 2.60. The Morgan fingerprint density at radius 2 is 1.83 bits per heavy atom. The van der Waals surface area contributed by atoms with E-state index in [1.54, 1.807) is 6.20 Å². The van der Waals surface area contributed by atoms with Crippen molar-refractivity contribution >= 4 is 11.7 Å². The van der Waals surface area contributed by atoms with Crippen LogP contribution in [0, 0.1) is 0 Å². The highest BCUT2D eigenvalue weighted by Crippen LogP contribution is 2.18. The molecule has 1 heterocycles. The summed E-state index contributed by atoms with van der Waals surface area (Å²) in [6.45, 7) is 2.26. The SMILES string of the molecule is CCCCCCCCCCC(NN)c1cnsn1. The van der Waals surface area contributed by atoms with E-state index in [1.807, 2.05) is 0 Å². The summed E-state index contributed by atoms with van der Waals surface area (Å²) in [7, 11) is 0. The molecule has 0 aliphatic carbocycles. The molecule has 4 nitrogen and oxygen atoms in total. The van der Waals surface area contributed by atoms with Crippen LogP contribution < -0.4 is 11.3 Å². The Hall–Kier alpha value is -0.520. The number of rotatable bonds is 11. The molecule has 0 aliphatic rings. The molecular weight excluding hydrogens is 244 g/mol. The second-order valence-electron chi connectivity index (χ2n) is 4.82. The van der Waals surface area contributed by atoms with E-state index in [0.29, 0.717) is 0 Å². The normalized spacial score (nSPS) is 12.8. The van der Waals surface area contributed by atoms with Gasteiger partial charge in [-0.2, -0.15) is 8.75 Å². The first-order valence-electron chi connectivity index (χ1n) is 7.12. The number of aromatic nitrogens is 2. The summed E-state index contributed by atoms with van der Waals surface area (Å²) in [5, 5.41) is 0. The second kappa shape index (κ2) is 10.4. The summed E-state index contributed by atoms with van der Waals surface area (Å²) in [4.78, 5) is 0. The Bertz CT molecular complexity index is 277. The molecule has 0 aliphatic heterocycles. The number of nitrogens with one attached hydrogen (secondary N) is 1. The Balaban J connectivity index is 1.99. The highest BCUT2D eigenvalue weighted by molar-refractivity contribution is 6.99. The lowest BCUT2D eigenvalue weighted by Crippen LogP contribution is -2.28. The summed E-state index contributed by atoms with van der Waals surface area (Å²) in [5.74, 6) is 5.55. The molecule has 0 radical (unpaired) electrons. The monoisotopic (exact) mass is 270 g/mol. The van der Waals surface area contributed by atoms with E-state index in [2.05, 4.69) is 21.1 Å². The van der Waals surface area contributed by atoms with Gasteiger partial charge in [-0.3, -0.25) is 11.3 Å². The zero-order valence-corrected chi connectivity index (χ0v) is 12.2. The van der Waals surface area contributed by atoms with Crippen molar-refractivity contribution in [3.63, 3.8) is 0 Å². The maximum absolute atomic E-state index is 5.55. The molecule has 1 rings (SSSR count). The smallest absolute Gasteiger partial charge is 0.0925 e. The van der Waals surface area contributed by atoms with E-state index >= 15 is 0 Å². The van der Waals surface area contributed by atoms with Gasteiger partial charge >= 0.3 is 0 Å². The third-order valence-electron chi connectivity index (χ3n) is 3.28. The van der Waals surface area contributed by atoms with E-state index < -0.39 is 0 Å². The predicted molar refractivity (Wildman–Crippen MR) is 77.2 cm³/mol. The summed E-state index contributed by atoms with van der Waals surface area (Å²) < 4.78 is 8.24. The number of unbranched alkanes of at least 4 members (excludes halogenated alkanes) is 7. The first-order chi connectivity index (χ1) is 8.88. The molecule has 1 aromatic rings. The first-order valence-corrected chi connectivity index (χ1v) is 7.85. The van der Waals surface area contributed by atoms with Gasteiger partial charge < -0.3 is 0 Å². The van der Waals surface area contributed by atoms with Crippen molar-refractivity contribution in [2.24, 2.45) is 5.84 Å². The van der Waals surface area contributed by atoms with Crippen LogP contribution in [0.15, 0.2) is 6.20 Å². The molecule has 5 heteroatoms. The molecule has 104 valence electrons. The largest absolute Gasteiger partial charge is 0.271 e. The average molecular weight is 270 g/mol. The second-order valence-corrected chi connectivity index (χ2v) is 5.37. The van der Waals surface area contributed by atoms with Crippen molar-refractivity contribution in [2.45, 2.75) is 70.8 Å². The third kappa shape index (κ3) is 6.42. The molecule has 0 spiro atoms. The van der Waals surface area contributed by atoms with Crippen LogP contribution in [0.2, 0.25) is 0 Å². The van der Waals surface area contributed by atoms with E-state index in [9.17, 15) is 0 Å². The molecule has 0 saturated heterocycles. The molecule has 1 atom stereocenters. The fraction of sp³-hybridized carbons (Fsp3) is 0.846. The highest BCUT2D eigenvalue weighted by Gasteiger charge is 2.11. The number of hydrogen-bond donors (Lipinski definition) is 2.